The lowest BCUT2D eigenvalue weighted by atomic mass is 10.1. The van der Waals surface area contributed by atoms with Crippen LogP contribution in [0.15, 0.2) is 48.5 Å². The number of nitrogens with one attached hydrogen (secondary N) is 2. The van der Waals surface area contributed by atoms with E-state index in [1.54, 1.807) is 48.5 Å². The molecule has 26 heavy (non-hydrogen) atoms. The molecule has 1 amide bonds. The molecule has 2 N–H and O–H groups in total. The SMILES string of the molecule is CNS(=O)(=O)Cc1ccccc1CNC(=O)C=Cc1cc(Cl)ccc1Cl. The molecule has 0 atom stereocenters. The second-order valence-corrected chi connectivity index (χ2v) is 8.22. The smallest absolute Gasteiger partial charge is 0.244 e. The fraction of sp³-hybridized carbons (Fsp3) is 0.167. The van der Waals surface area contributed by atoms with Crippen molar-refractivity contribution in [2.75, 3.05) is 7.05 Å². The van der Waals surface area contributed by atoms with Crippen molar-refractivity contribution in [3.05, 3.63) is 75.3 Å². The molecule has 0 spiro atoms. The number of rotatable bonds is 7. The molecule has 0 fully saturated rings. The van der Waals surface area contributed by atoms with Gasteiger partial charge in [-0.05, 0) is 48.0 Å². The van der Waals surface area contributed by atoms with Crippen molar-refractivity contribution in [2.24, 2.45) is 0 Å². The Kier molecular flexibility index (Phi) is 7.23. The van der Waals surface area contributed by atoms with Crippen LogP contribution in [0.3, 0.4) is 0 Å². The molecular formula is C18H18Cl2N2O3S. The molecule has 8 heteroatoms. The van der Waals surface area contributed by atoms with Crippen LogP contribution in [0.2, 0.25) is 10.0 Å². The van der Waals surface area contributed by atoms with Crippen LogP contribution in [-0.4, -0.2) is 21.4 Å². The number of amides is 1. The average molecular weight is 413 g/mol. The number of carbonyl (C=O) groups excluding carboxylic acids is 1. The summed E-state index contributed by atoms with van der Waals surface area (Å²) >= 11 is 12.0. The molecule has 0 heterocycles. The maximum absolute atomic E-state index is 12.0. The first-order valence-corrected chi connectivity index (χ1v) is 10.1. The molecule has 5 nitrogen and oxygen atoms in total. The van der Waals surface area contributed by atoms with Gasteiger partial charge in [0, 0.05) is 22.7 Å². The lowest BCUT2D eigenvalue weighted by molar-refractivity contribution is -0.116. The quantitative estimate of drug-likeness (QED) is 0.684. The van der Waals surface area contributed by atoms with Crippen LogP contribution in [0.4, 0.5) is 0 Å². The first-order valence-electron chi connectivity index (χ1n) is 7.69. The number of benzene rings is 2. The van der Waals surface area contributed by atoms with Gasteiger partial charge in [-0.25, -0.2) is 13.1 Å². The second kappa shape index (κ2) is 9.19. The van der Waals surface area contributed by atoms with E-state index < -0.39 is 10.0 Å². The zero-order valence-electron chi connectivity index (χ0n) is 14.0. The van der Waals surface area contributed by atoms with Gasteiger partial charge in [-0.15, -0.1) is 0 Å². The standard InChI is InChI=1S/C18H18Cl2N2O3S/c1-21-26(24,25)12-15-5-3-2-4-14(15)11-22-18(23)9-6-13-10-16(19)7-8-17(13)20/h2-10,21H,11-12H2,1H3,(H,22,23). The third kappa shape index (κ3) is 6.14. The third-order valence-electron chi connectivity index (χ3n) is 3.60. The van der Waals surface area contributed by atoms with Gasteiger partial charge in [0.1, 0.15) is 0 Å². The zero-order valence-corrected chi connectivity index (χ0v) is 16.3. The highest BCUT2D eigenvalue weighted by Gasteiger charge is 2.12. The molecule has 0 aliphatic carbocycles. The van der Waals surface area contributed by atoms with Crippen LogP contribution in [0.5, 0.6) is 0 Å². The van der Waals surface area contributed by atoms with Crippen molar-refractivity contribution in [3.8, 4) is 0 Å². The van der Waals surface area contributed by atoms with Gasteiger partial charge in [0.15, 0.2) is 0 Å². The molecule has 0 saturated heterocycles. The molecule has 0 bridgehead atoms. The van der Waals surface area contributed by atoms with E-state index in [-0.39, 0.29) is 18.2 Å². The Morgan fingerprint density at radius 2 is 1.81 bits per heavy atom. The molecule has 0 saturated carbocycles. The minimum absolute atomic E-state index is 0.149. The third-order valence-corrected chi connectivity index (χ3v) is 5.49. The van der Waals surface area contributed by atoms with E-state index in [0.29, 0.717) is 21.2 Å². The molecule has 0 aliphatic heterocycles. The van der Waals surface area contributed by atoms with Crippen LogP contribution >= 0.6 is 23.2 Å². The molecule has 0 aliphatic rings. The van der Waals surface area contributed by atoms with Crippen LogP contribution in [0.1, 0.15) is 16.7 Å². The number of halogens is 2. The van der Waals surface area contributed by atoms with E-state index in [1.165, 1.54) is 13.1 Å². The van der Waals surface area contributed by atoms with E-state index in [1.807, 2.05) is 0 Å². The van der Waals surface area contributed by atoms with Gasteiger partial charge in [0.25, 0.3) is 0 Å². The zero-order chi connectivity index (χ0) is 19.2. The van der Waals surface area contributed by atoms with E-state index in [2.05, 4.69) is 10.0 Å². The lowest BCUT2D eigenvalue weighted by Gasteiger charge is -2.10. The lowest BCUT2D eigenvalue weighted by Crippen LogP contribution is -2.24. The van der Waals surface area contributed by atoms with E-state index in [0.717, 1.165) is 5.56 Å². The summed E-state index contributed by atoms with van der Waals surface area (Å²) in [5.74, 6) is -0.476. The van der Waals surface area contributed by atoms with Gasteiger partial charge in [-0.3, -0.25) is 4.79 Å². The van der Waals surface area contributed by atoms with E-state index in [4.69, 9.17) is 23.2 Å². The largest absolute Gasteiger partial charge is 0.348 e. The number of hydrogen-bond acceptors (Lipinski definition) is 3. The predicted octanol–water partition coefficient (Wildman–Crippen LogP) is 3.37. The minimum atomic E-state index is -3.39. The highest BCUT2D eigenvalue weighted by atomic mass is 35.5. The molecule has 0 radical (unpaired) electrons. The van der Waals surface area contributed by atoms with Crippen molar-refractivity contribution in [3.63, 3.8) is 0 Å². The first-order chi connectivity index (χ1) is 12.3. The van der Waals surface area contributed by atoms with Crippen molar-refractivity contribution < 1.29 is 13.2 Å². The van der Waals surface area contributed by atoms with Crippen LogP contribution in [-0.2, 0) is 27.1 Å². The number of sulfonamides is 1. The van der Waals surface area contributed by atoms with Gasteiger partial charge in [-0.2, -0.15) is 0 Å². The maximum atomic E-state index is 12.0. The highest BCUT2D eigenvalue weighted by molar-refractivity contribution is 7.88. The summed E-state index contributed by atoms with van der Waals surface area (Å²) in [6, 6.07) is 12.0. The summed E-state index contributed by atoms with van der Waals surface area (Å²) in [5.41, 5.74) is 1.99. The highest BCUT2D eigenvalue weighted by Crippen LogP contribution is 2.21. The Morgan fingerprint density at radius 3 is 2.50 bits per heavy atom. The molecule has 2 aromatic carbocycles. The van der Waals surface area contributed by atoms with Crippen molar-refractivity contribution in [1.29, 1.82) is 0 Å². The molecule has 2 aromatic rings. The molecule has 0 unspecified atom stereocenters. The number of carbonyl (C=O) groups is 1. The van der Waals surface area contributed by atoms with Crippen molar-refractivity contribution >= 4 is 45.2 Å². The fourth-order valence-corrected chi connectivity index (χ4v) is 3.39. The summed E-state index contributed by atoms with van der Waals surface area (Å²) in [6.07, 6.45) is 2.92. The number of hydrogen-bond donors (Lipinski definition) is 2. The molecule has 2 rings (SSSR count). The molecule has 0 aromatic heterocycles. The van der Waals surface area contributed by atoms with Crippen LogP contribution < -0.4 is 10.0 Å². The maximum Gasteiger partial charge on any atom is 0.244 e. The Hall–Kier alpha value is -1.86. The van der Waals surface area contributed by atoms with Crippen molar-refractivity contribution in [1.82, 2.24) is 10.0 Å². The Labute approximate surface area is 163 Å². The van der Waals surface area contributed by atoms with E-state index >= 15 is 0 Å². The Bertz CT molecular complexity index is 928. The van der Waals surface area contributed by atoms with Gasteiger partial charge >= 0.3 is 0 Å². The fourth-order valence-electron chi connectivity index (χ4n) is 2.20. The monoisotopic (exact) mass is 412 g/mol. The van der Waals surface area contributed by atoms with Gasteiger partial charge in [0.2, 0.25) is 15.9 Å². The summed E-state index contributed by atoms with van der Waals surface area (Å²) in [4.78, 5) is 12.0. The average Bonchev–Trinajstić information content (AvgIpc) is 2.61. The molecular weight excluding hydrogens is 395 g/mol. The van der Waals surface area contributed by atoms with Gasteiger partial charge in [0.05, 0.1) is 5.75 Å². The first kappa shape index (κ1) is 20.5. The molecule has 138 valence electrons. The Morgan fingerprint density at radius 1 is 1.12 bits per heavy atom. The summed E-state index contributed by atoms with van der Waals surface area (Å²) in [6.45, 7) is 0.210. The topological polar surface area (TPSA) is 75.3 Å². The van der Waals surface area contributed by atoms with E-state index in [9.17, 15) is 13.2 Å². The normalized spacial score (nSPS) is 11.7. The Balaban J connectivity index is 2.04. The van der Waals surface area contributed by atoms with Gasteiger partial charge < -0.3 is 5.32 Å². The van der Waals surface area contributed by atoms with Crippen molar-refractivity contribution in [2.45, 2.75) is 12.3 Å². The minimum Gasteiger partial charge on any atom is -0.348 e. The summed E-state index contributed by atoms with van der Waals surface area (Å²) < 4.78 is 25.8. The summed E-state index contributed by atoms with van der Waals surface area (Å²) in [5, 5.41) is 3.74. The summed E-state index contributed by atoms with van der Waals surface area (Å²) in [7, 11) is -2.03. The predicted molar refractivity (Wildman–Crippen MR) is 105 cm³/mol. The second-order valence-electron chi connectivity index (χ2n) is 5.45. The van der Waals surface area contributed by atoms with Crippen LogP contribution in [0, 0.1) is 0 Å². The van der Waals surface area contributed by atoms with Crippen LogP contribution in [0.25, 0.3) is 6.08 Å². The van der Waals surface area contributed by atoms with Gasteiger partial charge in [-0.1, -0.05) is 47.5 Å².